The number of carbonyl (C=O) groups is 2. The van der Waals surface area contributed by atoms with E-state index in [0.29, 0.717) is 10.0 Å². The van der Waals surface area contributed by atoms with Crippen molar-refractivity contribution in [3.63, 3.8) is 0 Å². The van der Waals surface area contributed by atoms with E-state index >= 15 is 0 Å². The van der Waals surface area contributed by atoms with Gasteiger partial charge in [0.05, 0.1) is 11.3 Å². The van der Waals surface area contributed by atoms with Gasteiger partial charge in [-0.05, 0) is 0 Å². The van der Waals surface area contributed by atoms with Gasteiger partial charge in [-0.3, -0.25) is 0 Å². The second-order valence-corrected chi connectivity index (χ2v) is 3.09. The van der Waals surface area contributed by atoms with Gasteiger partial charge in [-0.25, -0.2) is 36.3 Å². The van der Waals surface area contributed by atoms with Crippen molar-refractivity contribution in [2.24, 2.45) is 23.2 Å². The first kappa shape index (κ1) is 13.2. The number of hydrogen-bond acceptors (Lipinski definition) is 6. The normalized spacial score (nSPS) is 9.39. The van der Waals surface area contributed by atoms with E-state index in [-0.39, 0.29) is 17.1 Å². The molecule has 8 N–H and O–H groups in total. The molecule has 0 spiro atoms. The molecule has 0 aliphatic heterocycles. The molecule has 0 saturated carbocycles. The molecule has 0 aliphatic rings. The molecule has 94 valence electrons. The molecule has 0 radical (unpaired) electrons. The van der Waals surface area contributed by atoms with Crippen LogP contribution in [0.2, 0.25) is 0 Å². The fraction of sp³-hybridized carbons (Fsp3) is 0. The van der Waals surface area contributed by atoms with E-state index in [1.807, 2.05) is 0 Å². The summed E-state index contributed by atoms with van der Waals surface area (Å²) in [5.74, 6) is 10.6. The maximum atomic E-state index is 10.9. The van der Waals surface area contributed by atoms with Gasteiger partial charge in [0.1, 0.15) is 6.07 Å². The lowest BCUT2D eigenvalue weighted by Gasteiger charge is -2.18. The Kier molecular flexibility index (Phi) is 3.62. The molecule has 1 aromatic rings. The molecular formula is C8H10N8O2. The van der Waals surface area contributed by atoms with E-state index in [4.69, 9.17) is 28.4 Å². The molecule has 0 aromatic carbocycles. The van der Waals surface area contributed by atoms with E-state index in [2.05, 4.69) is 4.98 Å². The van der Waals surface area contributed by atoms with Crippen LogP contribution in [0.5, 0.6) is 0 Å². The number of primary amides is 2. The summed E-state index contributed by atoms with van der Waals surface area (Å²) in [6, 6.07) is 0.927. The molecule has 10 heteroatoms. The highest BCUT2D eigenvalue weighted by atomic mass is 16.2. The first-order valence-electron chi connectivity index (χ1n) is 4.47. The second kappa shape index (κ2) is 4.95. The molecule has 1 heterocycles. The number of hydrogen-bond donors (Lipinski definition) is 4. The SMILES string of the molecule is N#Cc1cnc(N(N)C(N)=O)cc1N(N)C(N)=O. The Labute approximate surface area is 101 Å². The van der Waals surface area contributed by atoms with Gasteiger partial charge in [-0.2, -0.15) is 5.26 Å². The lowest BCUT2D eigenvalue weighted by Crippen LogP contribution is -2.44. The zero-order chi connectivity index (χ0) is 13.9. The van der Waals surface area contributed by atoms with E-state index in [9.17, 15) is 9.59 Å². The standard InChI is InChI=1S/C8H10N8O2/c9-2-4-3-14-6(16(13)8(11)18)1-5(4)15(12)7(10)17/h1,3H,12-13H2,(H2,10,17)(H2,11,18). The van der Waals surface area contributed by atoms with Gasteiger partial charge in [0.2, 0.25) is 0 Å². The minimum atomic E-state index is -0.994. The highest BCUT2D eigenvalue weighted by molar-refractivity contribution is 5.93. The topological polar surface area (TPSA) is 181 Å². The molecule has 1 aromatic heterocycles. The van der Waals surface area contributed by atoms with Gasteiger partial charge in [0.15, 0.2) is 5.82 Å². The number of nitrogens with two attached hydrogens (primary N) is 4. The lowest BCUT2D eigenvalue weighted by molar-refractivity contribution is 0.253. The predicted octanol–water partition coefficient (Wildman–Crippen LogP) is -1.53. The van der Waals surface area contributed by atoms with Crippen molar-refractivity contribution in [2.75, 3.05) is 10.0 Å². The zero-order valence-corrected chi connectivity index (χ0v) is 9.07. The molecule has 18 heavy (non-hydrogen) atoms. The Bertz CT molecular complexity index is 536. The van der Waals surface area contributed by atoms with E-state index < -0.39 is 12.1 Å². The number of pyridine rings is 1. The van der Waals surface area contributed by atoms with Gasteiger partial charge in [0.25, 0.3) is 0 Å². The zero-order valence-electron chi connectivity index (χ0n) is 9.07. The van der Waals surface area contributed by atoms with Crippen LogP contribution < -0.4 is 33.2 Å². The average molecular weight is 250 g/mol. The van der Waals surface area contributed by atoms with Crippen LogP contribution in [0.4, 0.5) is 21.1 Å². The van der Waals surface area contributed by atoms with Gasteiger partial charge in [-0.1, -0.05) is 0 Å². The molecule has 10 nitrogen and oxygen atoms in total. The highest BCUT2D eigenvalue weighted by Gasteiger charge is 2.17. The van der Waals surface area contributed by atoms with Crippen molar-refractivity contribution in [1.82, 2.24) is 4.98 Å². The number of anilines is 2. The van der Waals surface area contributed by atoms with Crippen LogP contribution in [0.3, 0.4) is 0 Å². The van der Waals surface area contributed by atoms with Gasteiger partial charge in [0, 0.05) is 12.3 Å². The van der Waals surface area contributed by atoms with Crippen molar-refractivity contribution in [1.29, 1.82) is 5.26 Å². The summed E-state index contributed by atoms with van der Waals surface area (Å²) in [5, 5.41) is 9.88. The Morgan fingerprint density at radius 3 is 2.22 bits per heavy atom. The summed E-state index contributed by atoms with van der Waals surface area (Å²) in [6.45, 7) is 0. The summed E-state index contributed by atoms with van der Waals surface area (Å²) in [6.07, 6.45) is 1.08. The Morgan fingerprint density at radius 1 is 1.22 bits per heavy atom. The molecule has 4 amide bonds. The lowest BCUT2D eigenvalue weighted by atomic mass is 10.2. The Balaban J connectivity index is 3.31. The molecule has 1 rings (SSSR count). The number of rotatable bonds is 2. The number of carbonyl (C=O) groups excluding carboxylic acids is 2. The monoisotopic (exact) mass is 250 g/mol. The maximum absolute atomic E-state index is 10.9. The number of nitrogens with zero attached hydrogens (tertiary/aromatic N) is 4. The number of aromatic nitrogens is 1. The summed E-state index contributed by atoms with van der Waals surface area (Å²) >= 11 is 0. The summed E-state index contributed by atoms with van der Waals surface area (Å²) in [5.41, 5.74) is 9.85. The number of nitriles is 1. The third-order valence-electron chi connectivity index (χ3n) is 1.97. The van der Waals surface area contributed by atoms with E-state index in [0.717, 1.165) is 12.3 Å². The van der Waals surface area contributed by atoms with Gasteiger partial charge in [-0.15, -0.1) is 0 Å². The van der Waals surface area contributed by atoms with E-state index in [1.165, 1.54) is 0 Å². The quantitative estimate of drug-likeness (QED) is 0.280. The van der Waals surface area contributed by atoms with Crippen molar-refractivity contribution >= 4 is 23.6 Å². The van der Waals surface area contributed by atoms with Crippen molar-refractivity contribution in [3.8, 4) is 6.07 Å². The third kappa shape index (κ3) is 2.43. The first-order chi connectivity index (χ1) is 8.38. The fourth-order valence-corrected chi connectivity index (χ4v) is 1.08. The third-order valence-corrected chi connectivity index (χ3v) is 1.97. The summed E-state index contributed by atoms with van der Waals surface area (Å²) < 4.78 is 0. The van der Waals surface area contributed by atoms with Crippen LogP contribution in [0.25, 0.3) is 0 Å². The van der Waals surface area contributed by atoms with Crippen LogP contribution in [0, 0.1) is 11.3 Å². The van der Waals surface area contributed by atoms with E-state index in [1.54, 1.807) is 6.07 Å². The molecular weight excluding hydrogens is 240 g/mol. The summed E-state index contributed by atoms with van der Waals surface area (Å²) in [4.78, 5) is 25.5. The number of hydrazine groups is 2. The van der Waals surface area contributed by atoms with Gasteiger partial charge < -0.3 is 11.5 Å². The minimum Gasteiger partial charge on any atom is -0.350 e. The highest BCUT2D eigenvalue weighted by Crippen LogP contribution is 2.21. The maximum Gasteiger partial charge on any atom is 0.335 e. The first-order valence-corrected chi connectivity index (χ1v) is 4.47. The fourth-order valence-electron chi connectivity index (χ4n) is 1.08. The molecule has 0 aliphatic carbocycles. The van der Waals surface area contributed by atoms with Crippen molar-refractivity contribution < 1.29 is 9.59 Å². The average Bonchev–Trinajstić information content (AvgIpc) is 2.35. The van der Waals surface area contributed by atoms with Crippen LogP contribution >= 0.6 is 0 Å². The molecule has 0 atom stereocenters. The summed E-state index contributed by atoms with van der Waals surface area (Å²) in [7, 11) is 0. The smallest absolute Gasteiger partial charge is 0.335 e. The second-order valence-electron chi connectivity index (χ2n) is 3.09. The molecule has 0 unspecified atom stereocenters. The molecule has 0 fully saturated rings. The number of amides is 4. The van der Waals surface area contributed by atoms with Crippen molar-refractivity contribution in [3.05, 3.63) is 17.8 Å². The predicted molar refractivity (Wildman–Crippen MR) is 61.5 cm³/mol. The Morgan fingerprint density at radius 2 is 1.78 bits per heavy atom. The van der Waals surface area contributed by atoms with Crippen LogP contribution in [0.1, 0.15) is 5.56 Å². The minimum absolute atomic E-state index is 0.0158. The molecule has 0 saturated heterocycles. The molecule has 0 bridgehead atoms. The van der Waals surface area contributed by atoms with Crippen molar-refractivity contribution in [2.45, 2.75) is 0 Å². The Hall–Kier alpha value is -2.90. The number of urea groups is 2. The largest absolute Gasteiger partial charge is 0.350 e. The van der Waals surface area contributed by atoms with Crippen LogP contribution in [-0.2, 0) is 0 Å². The van der Waals surface area contributed by atoms with Crippen LogP contribution in [-0.4, -0.2) is 17.0 Å². The van der Waals surface area contributed by atoms with Crippen LogP contribution in [0.15, 0.2) is 12.3 Å². The van der Waals surface area contributed by atoms with Gasteiger partial charge >= 0.3 is 12.1 Å².